The van der Waals surface area contributed by atoms with Gasteiger partial charge >= 0.3 is 0 Å². The summed E-state index contributed by atoms with van der Waals surface area (Å²) in [5.74, 6) is 0. The number of hydrogen-bond donors (Lipinski definition) is 2. The van der Waals surface area contributed by atoms with Crippen LogP contribution in [0, 0.1) is 0 Å². The molecule has 1 saturated heterocycles. The molecule has 3 nitrogen and oxygen atoms in total. The van der Waals surface area contributed by atoms with Crippen molar-refractivity contribution < 1.29 is 9.84 Å². The van der Waals surface area contributed by atoms with E-state index >= 15 is 0 Å². The molecular formula is C11H23NO2. The Hall–Kier alpha value is -0.120. The molecule has 2 N–H and O–H groups in total. The zero-order valence-corrected chi connectivity index (χ0v) is 9.33. The summed E-state index contributed by atoms with van der Waals surface area (Å²) in [5.41, 5.74) is 0. The molecule has 3 heteroatoms. The van der Waals surface area contributed by atoms with Crippen molar-refractivity contribution in [2.24, 2.45) is 0 Å². The smallest absolute Gasteiger partial charge is 0.0589 e. The van der Waals surface area contributed by atoms with Crippen LogP contribution in [-0.4, -0.2) is 36.5 Å². The average molecular weight is 201 g/mol. The lowest BCUT2D eigenvalue weighted by atomic mass is 9.99. The van der Waals surface area contributed by atoms with Gasteiger partial charge in [-0.05, 0) is 26.2 Å². The Morgan fingerprint density at radius 1 is 1.57 bits per heavy atom. The maximum Gasteiger partial charge on any atom is 0.0589 e. The molecule has 0 saturated carbocycles. The van der Waals surface area contributed by atoms with E-state index in [-0.39, 0.29) is 12.6 Å². The first-order valence-corrected chi connectivity index (χ1v) is 5.74. The molecule has 1 rings (SSSR count). The van der Waals surface area contributed by atoms with Crippen molar-refractivity contribution in [3.63, 3.8) is 0 Å². The molecule has 0 spiro atoms. The van der Waals surface area contributed by atoms with E-state index < -0.39 is 0 Å². The Labute approximate surface area is 86.8 Å². The molecule has 1 aliphatic rings. The van der Waals surface area contributed by atoms with Gasteiger partial charge in [0, 0.05) is 18.7 Å². The normalized spacial score (nSPS) is 30.2. The molecule has 0 aromatic carbocycles. The van der Waals surface area contributed by atoms with Crippen LogP contribution in [0.5, 0.6) is 0 Å². The number of aliphatic hydroxyl groups is 1. The predicted molar refractivity (Wildman–Crippen MR) is 57.4 cm³/mol. The lowest BCUT2D eigenvalue weighted by Gasteiger charge is -2.31. The number of aliphatic hydroxyl groups excluding tert-OH is 1. The fourth-order valence-electron chi connectivity index (χ4n) is 2.01. The topological polar surface area (TPSA) is 41.5 Å². The first-order valence-electron chi connectivity index (χ1n) is 5.74. The minimum atomic E-state index is 0.209. The van der Waals surface area contributed by atoms with Gasteiger partial charge in [-0.3, -0.25) is 0 Å². The third-order valence-electron chi connectivity index (χ3n) is 2.77. The minimum Gasteiger partial charge on any atom is -0.395 e. The van der Waals surface area contributed by atoms with Crippen molar-refractivity contribution in [2.75, 3.05) is 13.2 Å². The molecule has 84 valence electrons. The van der Waals surface area contributed by atoms with Crippen LogP contribution in [0.25, 0.3) is 0 Å². The number of nitrogens with one attached hydrogen (secondary N) is 1. The highest BCUT2D eigenvalue weighted by atomic mass is 16.5. The lowest BCUT2D eigenvalue weighted by molar-refractivity contribution is -0.00579. The van der Waals surface area contributed by atoms with Gasteiger partial charge in [0.1, 0.15) is 0 Å². The van der Waals surface area contributed by atoms with Crippen molar-refractivity contribution in [2.45, 2.75) is 57.7 Å². The van der Waals surface area contributed by atoms with Crippen LogP contribution in [0.3, 0.4) is 0 Å². The molecule has 0 radical (unpaired) electrons. The third kappa shape index (κ3) is 3.95. The van der Waals surface area contributed by atoms with E-state index in [4.69, 9.17) is 9.84 Å². The first kappa shape index (κ1) is 12.0. The van der Waals surface area contributed by atoms with E-state index in [2.05, 4.69) is 12.2 Å². The summed E-state index contributed by atoms with van der Waals surface area (Å²) in [5, 5.41) is 12.4. The summed E-state index contributed by atoms with van der Waals surface area (Å²) in [6.45, 7) is 5.29. The molecule has 3 atom stereocenters. The lowest BCUT2D eigenvalue weighted by Crippen LogP contribution is -2.44. The maximum atomic E-state index is 8.94. The summed E-state index contributed by atoms with van der Waals surface area (Å²) < 4.78 is 5.66. The Morgan fingerprint density at radius 3 is 3.00 bits per heavy atom. The van der Waals surface area contributed by atoms with E-state index in [1.807, 2.05) is 6.92 Å². The van der Waals surface area contributed by atoms with Crippen LogP contribution in [0.1, 0.15) is 39.5 Å². The number of rotatable bonds is 5. The number of hydrogen-bond acceptors (Lipinski definition) is 3. The summed E-state index contributed by atoms with van der Waals surface area (Å²) in [4.78, 5) is 0. The molecule has 0 aromatic heterocycles. The molecule has 0 aromatic rings. The minimum absolute atomic E-state index is 0.209. The molecular weight excluding hydrogens is 178 g/mol. The molecule has 1 fully saturated rings. The van der Waals surface area contributed by atoms with E-state index in [1.54, 1.807) is 0 Å². The predicted octanol–water partition coefficient (Wildman–Crippen LogP) is 1.30. The molecule has 0 bridgehead atoms. The van der Waals surface area contributed by atoms with E-state index in [9.17, 15) is 0 Å². The third-order valence-corrected chi connectivity index (χ3v) is 2.77. The molecule has 0 aliphatic carbocycles. The second kappa shape index (κ2) is 6.38. The monoisotopic (exact) mass is 201 g/mol. The maximum absolute atomic E-state index is 8.94. The Kier molecular flexibility index (Phi) is 5.45. The highest BCUT2D eigenvalue weighted by Crippen LogP contribution is 2.18. The standard InChI is InChI=1S/C11H23NO2/c1-3-4-11-7-10(5-6-14-11)12-9(2)8-13/h9-13H,3-8H2,1-2H3/t9-,10?,11?/m0/s1. The van der Waals surface area contributed by atoms with Gasteiger partial charge < -0.3 is 15.2 Å². The Bertz CT molecular complexity index is 150. The van der Waals surface area contributed by atoms with Crippen LogP contribution >= 0.6 is 0 Å². The summed E-state index contributed by atoms with van der Waals surface area (Å²) in [7, 11) is 0. The van der Waals surface area contributed by atoms with Crippen LogP contribution in [0.4, 0.5) is 0 Å². The van der Waals surface area contributed by atoms with Crippen LogP contribution in [0.15, 0.2) is 0 Å². The zero-order valence-electron chi connectivity index (χ0n) is 9.33. The van der Waals surface area contributed by atoms with Crippen molar-refractivity contribution in [3.8, 4) is 0 Å². The average Bonchev–Trinajstić information content (AvgIpc) is 2.19. The zero-order chi connectivity index (χ0) is 10.4. The largest absolute Gasteiger partial charge is 0.395 e. The van der Waals surface area contributed by atoms with E-state index in [0.29, 0.717) is 12.1 Å². The van der Waals surface area contributed by atoms with Gasteiger partial charge in [-0.15, -0.1) is 0 Å². The quantitative estimate of drug-likeness (QED) is 0.704. The first-order chi connectivity index (χ1) is 6.76. The Morgan fingerprint density at radius 2 is 2.36 bits per heavy atom. The van der Waals surface area contributed by atoms with Crippen LogP contribution < -0.4 is 5.32 Å². The summed E-state index contributed by atoms with van der Waals surface area (Å²) in [6, 6.07) is 0.739. The Balaban J connectivity index is 2.25. The molecule has 14 heavy (non-hydrogen) atoms. The molecule has 2 unspecified atom stereocenters. The van der Waals surface area contributed by atoms with Crippen molar-refractivity contribution >= 4 is 0 Å². The van der Waals surface area contributed by atoms with Gasteiger partial charge in [-0.1, -0.05) is 13.3 Å². The fourth-order valence-corrected chi connectivity index (χ4v) is 2.01. The second-order valence-electron chi connectivity index (χ2n) is 4.25. The highest BCUT2D eigenvalue weighted by Gasteiger charge is 2.22. The van der Waals surface area contributed by atoms with Gasteiger partial charge in [0.15, 0.2) is 0 Å². The van der Waals surface area contributed by atoms with Crippen molar-refractivity contribution in [1.82, 2.24) is 5.32 Å². The van der Waals surface area contributed by atoms with E-state index in [0.717, 1.165) is 25.9 Å². The van der Waals surface area contributed by atoms with Gasteiger partial charge in [0.25, 0.3) is 0 Å². The second-order valence-corrected chi connectivity index (χ2v) is 4.25. The summed E-state index contributed by atoms with van der Waals surface area (Å²) >= 11 is 0. The summed E-state index contributed by atoms with van der Waals surface area (Å²) in [6.07, 6.45) is 4.94. The van der Waals surface area contributed by atoms with Gasteiger partial charge in [0.05, 0.1) is 12.7 Å². The highest BCUT2D eigenvalue weighted by molar-refractivity contribution is 4.78. The van der Waals surface area contributed by atoms with Crippen LogP contribution in [0.2, 0.25) is 0 Å². The molecule has 1 aliphatic heterocycles. The van der Waals surface area contributed by atoms with Crippen molar-refractivity contribution in [1.29, 1.82) is 0 Å². The molecule has 0 amide bonds. The molecule has 1 heterocycles. The van der Waals surface area contributed by atoms with Gasteiger partial charge in [0.2, 0.25) is 0 Å². The fraction of sp³-hybridized carbons (Fsp3) is 1.00. The van der Waals surface area contributed by atoms with Gasteiger partial charge in [-0.2, -0.15) is 0 Å². The van der Waals surface area contributed by atoms with Gasteiger partial charge in [-0.25, -0.2) is 0 Å². The van der Waals surface area contributed by atoms with Crippen molar-refractivity contribution in [3.05, 3.63) is 0 Å². The van der Waals surface area contributed by atoms with Crippen LogP contribution in [-0.2, 0) is 4.74 Å². The number of ether oxygens (including phenoxy) is 1. The van der Waals surface area contributed by atoms with E-state index in [1.165, 1.54) is 6.42 Å². The SMILES string of the molecule is CCCC1CC(N[C@@H](C)CO)CCO1.